The zero-order chi connectivity index (χ0) is 8.81. The minimum Gasteiger partial charge on any atom is -0.496 e. The highest BCUT2D eigenvalue weighted by atomic mass is 16.5. The Morgan fingerprint density at radius 2 is 2.17 bits per heavy atom. The zero-order valence-corrected chi connectivity index (χ0v) is 7.08. The molecular formula is C9H13NO2. The summed E-state index contributed by atoms with van der Waals surface area (Å²) >= 11 is 0. The van der Waals surface area contributed by atoms with Crippen molar-refractivity contribution in [3.05, 3.63) is 29.8 Å². The van der Waals surface area contributed by atoms with Crippen LogP contribution in [0.25, 0.3) is 0 Å². The number of aliphatic hydroxyl groups is 1. The van der Waals surface area contributed by atoms with Crippen LogP contribution in [0.4, 0.5) is 0 Å². The number of hydrogen-bond donors (Lipinski definition) is 2. The summed E-state index contributed by atoms with van der Waals surface area (Å²) in [6.45, 7) is 0.610. The quantitative estimate of drug-likeness (QED) is 0.650. The Morgan fingerprint density at radius 1 is 1.42 bits per heavy atom. The van der Waals surface area contributed by atoms with Crippen molar-refractivity contribution in [1.29, 1.82) is 0 Å². The number of methoxy groups -OCH3 is 1. The lowest BCUT2D eigenvalue weighted by Gasteiger charge is -2.07. The molecule has 0 saturated carbocycles. The first-order chi connectivity index (χ1) is 5.88. The average Bonchev–Trinajstić information content (AvgIpc) is 2.15. The van der Waals surface area contributed by atoms with Crippen LogP contribution >= 0.6 is 0 Å². The summed E-state index contributed by atoms with van der Waals surface area (Å²) < 4.78 is 5.12. The third-order valence-electron chi connectivity index (χ3n) is 1.62. The van der Waals surface area contributed by atoms with E-state index in [1.165, 1.54) is 0 Å². The van der Waals surface area contributed by atoms with Gasteiger partial charge in [0.05, 0.1) is 13.8 Å². The molecule has 0 spiro atoms. The summed E-state index contributed by atoms with van der Waals surface area (Å²) in [5.41, 5.74) is 1.05. The van der Waals surface area contributed by atoms with Gasteiger partial charge in [-0.3, -0.25) is 5.32 Å². The first-order valence-electron chi connectivity index (χ1n) is 3.82. The number of benzene rings is 1. The summed E-state index contributed by atoms with van der Waals surface area (Å²) in [7, 11) is 1.64. The molecule has 0 saturated heterocycles. The molecule has 66 valence electrons. The molecule has 3 nitrogen and oxygen atoms in total. The molecule has 0 fully saturated rings. The first kappa shape index (κ1) is 9.03. The summed E-state index contributed by atoms with van der Waals surface area (Å²) in [5.74, 6) is 0.846. The molecule has 0 aromatic heterocycles. The van der Waals surface area contributed by atoms with Gasteiger partial charge in [-0.05, 0) is 6.07 Å². The maximum Gasteiger partial charge on any atom is 0.123 e. The lowest BCUT2D eigenvalue weighted by atomic mass is 10.2. The van der Waals surface area contributed by atoms with Crippen LogP contribution in [0.5, 0.6) is 5.75 Å². The maximum absolute atomic E-state index is 8.54. The summed E-state index contributed by atoms with van der Waals surface area (Å²) in [6, 6.07) is 7.72. The molecule has 1 aromatic carbocycles. The van der Waals surface area contributed by atoms with E-state index in [0.29, 0.717) is 6.54 Å². The molecule has 0 radical (unpaired) electrons. The lowest BCUT2D eigenvalue weighted by molar-refractivity contribution is 0.258. The van der Waals surface area contributed by atoms with E-state index in [0.717, 1.165) is 11.3 Å². The summed E-state index contributed by atoms with van der Waals surface area (Å²) in [6.07, 6.45) is 0. The van der Waals surface area contributed by atoms with Gasteiger partial charge in [0.2, 0.25) is 0 Å². The Morgan fingerprint density at radius 3 is 2.83 bits per heavy atom. The molecule has 0 bridgehead atoms. The van der Waals surface area contributed by atoms with Gasteiger partial charge in [0.25, 0.3) is 0 Å². The van der Waals surface area contributed by atoms with Crippen LogP contribution in [-0.2, 0) is 6.54 Å². The average molecular weight is 167 g/mol. The van der Waals surface area contributed by atoms with Crippen molar-refractivity contribution in [2.75, 3.05) is 13.8 Å². The summed E-state index contributed by atoms with van der Waals surface area (Å²) in [4.78, 5) is 0. The van der Waals surface area contributed by atoms with Gasteiger partial charge in [0.15, 0.2) is 0 Å². The highest BCUT2D eigenvalue weighted by molar-refractivity contribution is 5.32. The fraction of sp³-hybridized carbons (Fsp3) is 0.333. The van der Waals surface area contributed by atoms with Gasteiger partial charge in [-0.25, -0.2) is 0 Å². The van der Waals surface area contributed by atoms with Crippen LogP contribution in [0.2, 0.25) is 0 Å². The molecule has 0 amide bonds. The topological polar surface area (TPSA) is 41.5 Å². The third-order valence-corrected chi connectivity index (χ3v) is 1.62. The number of para-hydroxylation sites is 1. The highest BCUT2D eigenvalue weighted by Gasteiger charge is 1.98. The van der Waals surface area contributed by atoms with Gasteiger partial charge in [0, 0.05) is 12.1 Å². The number of nitrogens with one attached hydrogen (secondary N) is 1. The van der Waals surface area contributed by atoms with Crippen LogP contribution in [0, 0.1) is 0 Å². The lowest BCUT2D eigenvalue weighted by Crippen LogP contribution is -2.14. The van der Waals surface area contributed by atoms with Crippen LogP contribution < -0.4 is 10.1 Å². The fourth-order valence-electron chi connectivity index (χ4n) is 1.04. The largest absolute Gasteiger partial charge is 0.496 e. The molecule has 3 heteroatoms. The van der Waals surface area contributed by atoms with Gasteiger partial charge in [-0.15, -0.1) is 0 Å². The zero-order valence-electron chi connectivity index (χ0n) is 7.08. The molecule has 0 atom stereocenters. The van der Waals surface area contributed by atoms with Crippen molar-refractivity contribution < 1.29 is 9.84 Å². The van der Waals surface area contributed by atoms with E-state index < -0.39 is 0 Å². The minimum atomic E-state index is -0.0158. The minimum absolute atomic E-state index is 0.0158. The summed E-state index contributed by atoms with van der Waals surface area (Å²) in [5, 5.41) is 11.4. The van der Waals surface area contributed by atoms with Gasteiger partial charge in [0.1, 0.15) is 5.75 Å². The molecule has 2 N–H and O–H groups in total. The van der Waals surface area contributed by atoms with Crippen molar-refractivity contribution in [3.63, 3.8) is 0 Å². The van der Waals surface area contributed by atoms with Crippen LogP contribution in [0.3, 0.4) is 0 Å². The second-order valence-corrected chi connectivity index (χ2v) is 2.40. The Balaban J connectivity index is 2.68. The predicted molar refractivity (Wildman–Crippen MR) is 46.9 cm³/mol. The smallest absolute Gasteiger partial charge is 0.123 e. The highest BCUT2D eigenvalue weighted by Crippen LogP contribution is 2.16. The van der Waals surface area contributed by atoms with Gasteiger partial charge in [-0.1, -0.05) is 18.2 Å². The Hall–Kier alpha value is -1.06. The van der Waals surface area contributed by atoms with Crippen molar-refractivity contribution in [1.82, 2.24) is 5.32 Å². The molecule has 0 heterocycles. The Kier molecular flexibility index (Phi) is 3.57. The van der Waals surface area contributed by atoms with E-state index in [1.54, 1.807) is 7.11 Å². The van der Waals surface area contributed by atoms with E-state index in [1.807, 2.05) is 24.3 Å². The third kappa shape index (κ3) is 2.22. The van der Waals surface area contributed by atoms with E-state index in [2.05, 4.69) is 5.32 Å². The molecule has 1 rings (SSSR count). The number of ether oxygens (including phenoxy) is 1. The fourth-order valence-corrected chi connectivity index (χ4v) is 1.04. The van der Waals surface area contributed by atoms with Crippen molar-refractivity contribution >= 4 is 0 Å². The van der Waals surface area contributed by atoms with Crippen LogP contribution in [-0.4, -0.2) is 18.9 Å². The van der Waals surface area contributed by atoms with E-state index >= 15 is 0 Å². The maximum atomic E-state index is 8.54. The second kappa shape index (κ2) is 4.74. The molecule has 0 unspecified atom stereocenters. The molecule has 1 aromatic rings. The van der Waals surface area contributed by atoms with Crippen molar-refractivity contribution in [2.24, 2.45) is 0 Å². The molecule has 0 aliphatic heterocycles. The van der Waals surface area contributed by atoms with Gasteiger partial charge < -0.3 is 9.84 Å². The number of aliphatic hydroxyl groups excluding tert-OH is 1. The monoisotopic (exact) mass is 167 g/mol. The normalized spacial score (nSPS) is 9.83. The van der Waals surface area contributed by atoms with E-state index in [9.17, 15) is 0 Å². The molecule has 12 heavy (non-hydrogen) atoms. The molecule has 0 aliphatic carbocycles. The van der Waals surface area contributed by atoms with E-state index in [-0.39, 0.29) is 6.73 Å². The predicted octanol–water partition coefficient (Wildman–Crippen LogP) is 0.735. The Bertz CT molecular complexity index is 238. The second-order valence-electron chi connectivity index (χ2n) is 2.40. The van der Waals surface area contributed by atoms with Crippen molar-refractivity contribution in [2.45, 2.75) is 6.54 Å². The van der Waals surface area contributed by atoms with E-state index in [4.69, 9.17) is 9.84 Å². The Labute approximate surface area is 72.0 Å². The van der Waals surface area contributed by atoms with Crippen molar-refractivity contribution in [3.8, 4) is 5.75 Å². The van der Waals surface area contributed by atoms with Crippen LogP contribution in [0.1, 0.15) is 5.56 Å². The standard InChI is InChI=1S/C9H13NO2/c1-12-9-5-3-2-4-8(9)6-10-7-11/h2-5,10-11H,6-7H2,1H3. The van der Waals surface area contributed by atoms with Gasteiger partial charge >= 0.3 is 0 Å². The number of hydrogen-bond acceptors (Lipinski definition) is 3. The number of rotatable bonds is 4. The van der Waals surface area contributed by atoms with Gasteiger partial charge in [-0.2, -0.15) is 0 Å². The SMILES string of the molecule is COc1ccccc1CNCO. The molecule has 0 aliphatic rings. The molecular weight excluding hydrogens is 154 g/mol. The van der Waals surface area contributed by atoms with Crippen LogP contribution in [0.15, 0.2) is 24.3 Å². The first-order valence-corrected chi connectivity index (χ1v) is 3.82.